The summed E-state index contributed by atoms with van der Waals surface area (Å²) in [6.07, 6.45) is 8.56. The van der Waals surface area contributed by atoms with Gasteiger partial charge in [0.15, 0.2) is 5.60 Å². The molecule has 2 bridgehead atoms. The summed E-state index contributed by atoms with van der Waals surface area (Å²) >= 11 is 6.27. The number of anilines is 1. The molecule has 0 radical (unpaired) electrons. The first kappa shape index (κ1) is 28.2. The van der Waals surface area contributed by atoms with Crippen molar-refractivity contribution in [2.75, 3.05) is 31.6 Å². The third-order valence-electron chi connectivity index (χ3n) is 7.81. The van der Waals surface area contributed by atoms with E-state index in [1.807, 2.05) is 18.2 Å². The summed E-state index contributed by atoms with van der Waals surface area (Å²) in [7, 11) is 1.67. The minimum absolute atomic E-state index is 0.188. The van der Waals surface area contributed by atoms with Crippen molar-refractivity contribution in [2.45, 2.75) is 76.4 Å². The molecule has 2 aliphatic rings. The normalized spacial score (nSPS) is 22.1. The van der Waals surface area contributed by atoms with Crippen LogP contribution in [0.1, 0.15) is 74.5 Å². The Hall–Kier alpha value is -2.77. The van der Waals surface area contributed by atoms with E-state index in [1.54, 1.807) is 25.2 Å². The van der Waals surface area contributed by atoms with E-state index < -0.39 is 18.0 Å². The van der Waals surface area contributed by atoms with Crippen molar-refractivity contribution in [2.24, 2.45) is 0 Å². The molecule has 2 aromatic rings. The summed E-state index contributed by atoms with van der Waals surface area (Å²) in [4.78, 5) is 29.1. The van der Waals surface area contributed by atoms with E-state index in [2.05, 4.69) is 4.90 Å². The lowest BCUT2D eigenvalue weighted by atomic mass is 9.89. The molecule has 38 heavy (non-hydrogen) atoms. The molecule has 0 unspecified atom stereocenters. The number of aliphatic hydroxyl groups is 1. The van der Waals surface area contributed by atoms with Crippen molar-refractivity contribution in [3.63, 3.8) is 0 Å². The summed E-state index contributed by atoms with van der Waals surface area (Å²) in [6.45, 7) is 2.50. The first-order valence-electron chi connectivity index (χ1n) is 13.8. The lowest BCUT2D eigenvalue weighted by Crippen LogP contribution is -2.42. The van der Waals surface area contributed by atoms with Gasteiger partial charge in [-0.05, 0) is 73.1 Å². The zero-order chi connectivity index (χ0) is 27.1. The number of hydrogen-bond donors (Lipinski definition) is 2. The van der Waals surface area contributed by atoms with Gasteiger partial charge in [-0.1, -0.05) is 49.4 Å². The van der Waals surface area contributed by atoms with Crippen molar-refractivity contribution in [3.05, 3.63) is 58.1 Å². The van der Waals surface area contributed by atoms with E-state index in [-0.39, 0.29) is 11.5 Å². The zero-order valence-electron chi connectivity index (χ0n) is 22.3. The molecule has 4 rings (SSSR count). The summed E-state index contributed by atoms with van der Waals surface area (Å²) in [5.74, 6) is -1.19. The number of rotatable bonds is 1. The van der Waals surface area contributed by atoms with Gasteiger partial charge in [-0.3, -0.25) is 4.79 Å². The van der Waals surface area contributed by atoms with Crippen LogP contribution in [0.2, 0.25) is 5.02 Å². The predicted octanol–water partition coefficient (Wildman–Crippen LogP) is 5.54. The van der Waals surface area contributed by atoms with Crippen LogP contribution in [0.3, 0.4) is 0 Å². The van der Waals surface area contributed by atoms with Gasteiger partial charge in [0.1, 0.15) is 12.4 Å². The van der Waals surface area contributed by atoms with Crippen molar-refractivity contribution in [1.29, 1.82) is 0 Å². The maximum absolute atomic E-state index is 12.9. The molecule has 2 N–H and O–H groups in total. The molecule has 0 aromatic heterocycles. The van der Waals surface area contributed by atoms with Gasteiger partial charge in [0.05, 0.1) is 12.1 Å². The van der Waals surface area contributed by atoms with Crippen molar-refractivity contribution in [3.8, 4) is 5.75 Å². The quantitative estimate of drug-likeness (QED) is 0.492. The number of carbonyl (C=O) groups excluding carboxylic acids is 1. The fourth-order valence-electron chi connectivity index (χ4n) is 5.38. The van der Waals surface area contributed by atoms with Crippen LogP contribution in [-0.4, -0.2) is 53.7 Å². The number of benzene rings is 2. The third-order valence-corrected chi connectivity index (χ3v) is 8.05. The number of ether oxygens (including phenoxy) is 1. The molecule has 7 nitrogen and oxygen atoms in total. The van der Waals surface area contributed by atoms with Crippen LogP contribution in [0.5, 0.6) is 5.75 Å². The van der Waals surface area contributed by atoms with Crippen LogP contribution >= 0.6 is 11.6 Å². The van der Waals surface area contributed by atoms with Crippen LogP contribution in [0, 0.1) is 0 Å². The highest BCUT2D eigenvalue weighted by atomic mass is 35.5. The van der Waals surface area contributed by atoms with Crippen LogP contribution in [0.4, 0.5) is 5.69 Å². The highest BCUT2D eigenvalue weighted by molar-refractivity contribution is 6.30. The second-order valence-corrected chi connectivity index (χ2v) is 11.0. The van der Waals surface area contributed by atoms with Crippen LogP contribution in [0.25, 0.3) is 0 Å². The molecule has 1 amide bonds. The Morgan fingerprint density at radius 3 is 2.34 bits per heavy atom. The number of aryl methyl sites for hydroxylation is 1. The third kappa shape index (κ3) is 6.80. The molecule has 0 aliphatic carbocycles. The standard InChI is InChI=1S/C30H39ClN2O5/c1-32-15-7-4-2-3-5-8-16-33-17-9-6-10-22-18-25(31)13-11-23(22)21-38-27-14-12-24(19-26(27)33)30(37,29(35)36)20-28(32)34/h11-14,18-19,37H,2-10,15-17,20-21H2,1H3,(H,35,36)/t30-/m1/s1. The Morgan fingerprint density at radius 1 is 0.921 bits per heavy atom. The SMILES string of the molecule is CN1CCCCCCCCN2CCCCc3cc(Cl)ccc3COc3ccc(cc32)[C@@](O)(C(=O)O)CC1=O. The van der Waals surface area contributed by atoms with Gasteiger partial charge in [0.2, 0.25) is 5.91 Å². The molecule has 206 valence electrons. The Balaban J connectivity index is 1.74. The smallest absolute Gasteiger partial charge is 0.340 e. The largest absolute Gasteiger partial charge is 0.487 e. The fourth-order valence-corrected chi connectivity index (χ4v) is 5.57. The van der Waals surface area contributed by atoms with Gasteiger partial charge in [0.25, 0.3) is 0 Å². The molecule has 2 aliphatic heterocycles. The second kappa shape index (κ2) is 12.9. The molecular weight excluding hydrogens is 504 g/mol. The highest BCUT2D eigenvalue weighted by Crippen LogP contribution is 2.37. The van der Waals surface area contributed by atoms with E-state index >= 15 is 0 Å². The van der Waals surface area contributed by atoms with Gasteiger partial charge in [-0.2, -0.15) is 0 Å². The predicted molar refractivity (Wildman–Crippen MR) is 149 cm³/mol. The number of nitrogens with zero attached hydrogens (tertiary/aromatic N) is 2. The monoisotopic (exact) mass is 542 g/mol. The first-order chi connectivity index (χ1) is 18.3. The van der Waals surface area contributed by atoms with Crippen LogP contribution < -0.4 is 9.64 Å². The topological polar surface area (TPSA) is 90.3 Å². The Labute approximate surface area is 230 Å². The minimum atomic E-state index is -2.33. The maximum Gasteiger partial charge on any atom is 0.340 e. The number of carboxylic acid groups (broad SMARTS) is 1. The van der Waals surface area contributed by atoms with Gasteiger partial charge in [-0.25, -0.2) is 4.79 Å². The first-order valence-corrected chi connectivity index (χ1v) is 14.1. The number of amides is 1. The number of halogens is 1. The van der Waals surface area contributed by atoms with Gasteiger partial charge in [0, 0.05) is 31.7 Å². The van der Waals surface area contributed by atoms with Gasteiger partial charge in [-0.15, -0.1) is 0 Å². The van der Waals surface area contributed by atoms with Crippen LogP contribution in [0.15, 0.2) is 36.4 Å². The molecule has 0 saturated carbocycles. The average molecular weight is 543 g/mol. The van der Waals surface area contributed by atoms with E-state index in [1.165, 1.54) is 10.5 Å². The van der Waals surface area contributed by atoms with Crippen molar-refractivity contribution < 1.29 is 24.5 Å². The molecule has 8 heteroatoms. The van der Waals surface area contributed by atoms with Gasteiger partial charge < -0.3 is 24.7 Å². The Morgan fingerprint density at radius 2 is 1.61 bits per heavy atom. The lowest BCUT2D eigenvalue weighted by molar-refractivity contribution is -0.164. The molecule has 1 atom stereocenters. The molecule has 2 heterocycles. The van der Waals surface area contributed by atoms with E-state index in [0.717, 1.165) is 82.1 Å². The van der Waals surface area contributed by atoms with Crippen molar-refractivity contribution >= 4 is 29.2 Å². The van der Waals surface area contributed by atoms with Gasteiger partial charge >= 0.3 is 5.97 Å². The summed E-state index contributed by atoms with van der Waals surface area (Å²) < 4.78 is 6.33. The maximum atomic E-state index is 12.9. The van der Waals surface area contributed by atoms with E-state index in [0.29, 0.717) is 23.9 Å². The number of fused-ring (bicyclic) bond motifs is 2. The number of carbonyl (C=O) groups is 2. The lowest BCUT2D eigenvalue weighted by Gasteiger charge is -2.31. The number of aliphatic carboxylic acids is 1. The minimum Gasteiger partial charge on any atom is -0.487 e. The second-order valence-electron chi connectivity index (χ2n) is 10.6. The average Bonchev–Trinajstić information content (AvgIpc) is 2.92. The van der Waals surface area contributed by atoms with Crippen molar-refractivity contribution in [1.82, 2.24) is 4.90 Å². The molecule has 2 aromatic carbocycles. The number of carboxylic acids is 1. The Bertz CT molecular complexity index is 1140. The summed E-state index contributed by atoms with van der Waals surface area (Å²) in [6, 6.07) is 10.9. The van der Waals surface area contributed by atoms with Crippen LogP contribution in [-0.2, 0) is 28.2 Å². The van der Waals surface area contributed by atoms with E-state index in [4.69, 9.17) is 16.3 Å². The van der Waals surface area contributed by atoms with E-state index in [9.17, 15) is 19.8 Å². The molecule has 0 saturated heterocycles. The molecule has 0 spiro atoms. The highest BCUT2D eigenvalue weighted by Gasteiger charge is 2.42. The molecular formula is C30H39ClN2O5. The summed E-state index contributed by atoms with van der Waals surface area (Å²) in [5.41, 5.74) is 0.861. The fraction of sp³-hybridized carbons (Fsp3) is 0.533. The number of hydrogen-bond acceptors (Lipinski definition) is 5. The summed E-state index contributed by atoms with van der Waals surface area (Å²) in [5, 5.41) is 22.2. The molecule has 0 fully saturated rings. The zero-order valence-corrected chi connectivity index (χ0v) is 23.0. The Kier molecular flexibility index (Phi) is 9.55.